The number of carboxylic acid groups (broad SMARTS) is 1. The number of alkyl carbamates (subject to hydrolysis) is 1. The molecule has 3 saturated carbocycles. The van der Waals surface area contributed by atoms with Gasteiger partial charge in [0.15, 0.2) is 23.6 Å². The van der Waals surface area contributed by atoms with E-state index in [-0.39, 0.29) is 17.6 Å². The number of ketones is 1. The second-order valence-corrected chi connectivity index (χ2v) is 19.7. The van der Waals surface area contributed by atoms with Crippen LogP contribution in [0.3, 0.4) is 0 Å². The van der Waals surface area contributed by atoms with E-state index in [0.29, 0.717) is 25.7 Å². The molecule has 1 saturated heterocycles. The molecule has 1 aliphatic heterocycles. The van der Waals surface area contributed by atoms with Crippen LogP contribution >= 0.6 is 0 Å². The molecule has 1 unspecified atom stereocenters. The zero-order valence-electron chi connectivity index (χ0n) is 37.4. The molecule has 2 bridgehead atoms. The molecule has 0 aromatic heterocycles. The molecule has 0 aromatic rings. The van der Waals surface area contributed by atoms with Crippen molar-refractivity contribution in [3.05, 3.63) is 11.1 Å². The summed E-state index contributed by atoms with van der Waals surface area (Å²) < 4.78 is 40.2. The lowest BCUT2D eigenvalue weighted by atomic mass is 9.44. The number of aliphatic hydroxyl groups excluding tert-OH is 2. The van der Waals surface area contributed by atoms with Gasteiger partial charge in [-0.2, -0.15) is 0 Å². The first kappa shape index (κ1) is 48.7. The fourth-order valence-electron chi connectivity index (χ4n) is 10.3. The van der Waals surface area contributed by atoms with Crippen molar-refractivity contribution in [3.8, 4) is 0 Å². The third-order valence-electron chi connectivity index (χ3n) is 14.0. The quantitative estimate of drug-likeness (QED) is 0.120. The maximum absolute atomic E-state index is 15.5. The number of carbonyl (C=O) groups excluding carboxylic acids is 6. The van der Waals surface area contributed by atoms with Crippen molar-refractivity contribution in [2.24, 2.45) is 28.1 Å². The summed E-state index contributed by atoms with van der Waals surface area (Å²) in [5.74, 6) is -7.83. The van der Waals surface area contributed by atoms with Gasteiger partial charge in [0.05, 0.1) is 48.5 Å². The van der Waals surface area contributed by atoms with Crippen LogP contribution in [0.15, 0.2) is 11.1 Å². The van der Waals surface area contributed by atoms with E-state index in [1.54, 1.807) is 20.8 Å². The summed E-state index contributed by atoms with van der Waals surface area (Å²) in [5, 5.41) is 49.7. The average molecular weight is 882 g/mol. The predicted octanol–water partition coefficient (Wildman–Crippen LogP) is 3.05. The van der Waals surface area contributed by atoms with Gasteiger partial charge in [0.25, 0.3) is 0 Å². The normalized spacial score (nSPS) is 34.3. The minimum absolute atomic E-state index is 0.0732. The zero-order chi connectivity index (χ0) is 46.7. The number of nitrogens with one attached hydrogen (secondary N) is 1. The molecule has 19 nitrogen and oxygen atoms in total. The van der Waals surface area contributed by atoms with Crippen molar-refractivity contribution in [3.63, 3.8) is 0 Å². The predicted molar refractivity (Wildman–Crippen MR) is 212 cm³/mol. The number of esters is 3. The van der Waals surface area contributed by atoms with Gasteiger partial charge in [-0.05, 0) is 72.5 Å². The highest BCUT2D eigenvalue weighted by Gasteiger charge is 2.78. The van der Waals surface area contributed by atoms with Crippen LogP contribution in [0.1, 0.15) is 114 Å². The number of aliphatic hydroxyl groups is 3. The standard InChI is InChI=1S/C43H63NO18/c1-20-23(59-34(50)27(47)30(39(6,7)35(51)52)44-36(53)61-38(3,4)5)18-43(55)32(60-33(49)22-15-13-12-14-16-22)29-41(10,31(48)28(58-21(2)45)26(20)40(43,8)9)24(46)17-25-42(29,19-57-25)62-37(54)56-11/h22-25,27-30,32,46-47,55H,12-19H2,1-11H3,(H,44,53)(H,51,52)/t23-,24-,25+,27-,28+,29?,30+,32-,41+,42-,43+/m0/s1. The van der Waals surface area contributed by atoms with Crippen LogP contribution in [0, 0.1) is 28.1 Å². The summed E-state index contributed by atoms with van der Waals surface area (Å²) >= 11 is 0. The fourth-order valence-corrected chi connectivity index (χ4v) is 10.3. The molecule has 5 N–H and O–H groups in total. The van der Waals surface area contributed by atoms with E-state index in [4.69, 9.17) is 33.2 Å². The van der Waals surface area contributed by atoms with Crippen LogP contribution < -0.4 is 5.32 Å². The Morgan fingerprint density at radius 2 is 1.56 bits per heavy atom. The first-order chi connectivity index (χ1) is 28.5. The summed E-state index contributed by atoms with van der Waals surface area (Å²) in [5.41, 5.74) is -11.3. The van der Waals surface area contributed by atoms with E-state index in [9.17, 15) is 49.2 Å². The monoisotopic (exact) mass is 881 g/mol. The van der Waals surface area contributed by atoms with Crippen molar-refractivity contribution < 1.29 is 87.1 Å². The van der Waals surface area contributed by atoms with Crippen LogP contribution in [0.2, 0.25) is 0 Å². The maximum atomic E-state index is 15.5. The third kappa shape index (κ3) is 8.29. The summed E-state index contributed by atoms with van der Waals surface area (Å²) in [6.45, 7) is 13.5. The number of amides is 1. The van der Waals surface area contributed by atoms with Gasteiger partial charge in [-0.1, -0.05) is 33.1 Å². The molecule has 0 aromatic carbocycles. The Kier molecular flexibility index (Phi) is 13.3. The maximum Gasteiger partial charge on any atom is 0.508 e. The summed E-state index contributed by atoms with van der Waals surface area (Å²) in [6.07, 6.45) is -10.5. The summed E-state index contributed by atoms with van der Waals surface area (Å²) in [4.78, 5) is 95.5. The van der Waals surface area contributed by atoms with E-state index in [1.807, 2.05) is 0 Å². The minimum atomic E-state index is -2.45. The molecule has 5 rings (SSSR count). The van der Waals surface area contributed by atoms with E-state index < -0.39 is 142 Å². The van der Waals surface area contributed by atoms with Gasteiger partial charge in [-0.25, -0.2) is 14.4 Å². The largest absolute Gasteiger partial charge is 0.508 e. The van der Waals surface area contributed by atoms with Crippen LogP contribution in [-0.4, -0.2) is 136 Å². The van der Waals surface area contributed by atoms with Gasteiger partial charge in [0.1, 0.15) is 29.5 Å². The van der Waals surface area contributed by atoms with Crippen LogP contribution in [0.4, 0.5) is 9.59 Å². The molecule has 4 fully saturated rings. The van der Waals surface area contributed by atoms with Gasteiger partial charge in [0, 0.05) is 25.2 Å². The number of rotatable bonds is 10. The number of carbonyl (C=O) groups is 7. The molecule has 348 valence electrons. The number of ether oxygens (including phenoxy) is 7. The highest BCUT2D eigenvalue weighted by Crippen LogP contribution is 2.64. The molecule has 0 radical (unpaired) electrons. The van der Waals surface area contributed by atoms with Crippen LogP contribution in [0.25, 0.3) is 0 Å². The van der Waals surface area contributed by atoms with Gasteiger partial charge >= 0.3 is 36.1 Å². The molecule has 0 spiro atoms. The smallest absolute Gasteiger partial charge is 0.481 e. The molecular weight excluding hydrogens is 818 g/mol. The van der Waals surface area contributed by atoms with Gasteiger partial charge in [-0.15, -0.1) is 0 Å². The van der Waals surface area contributed by atoms with Crippen molar-refractivity contribution in [2.45, 2.75) is 174 Å². The van der Waals surface area contributed by atoms with Crippen molar-refractivity contribution in [1.29, 1.82) is 0 Å². The average Bonchev–Trinajstić information content (AvgIpc) is 3.17. The Morgan fingerprint density at radius 3 is 2.08 bits per heavy atom. The molecule has 19 heteroatoms. The Balaban J connectivity index is 1.73. The lowest BCUT2D eigenvalue weighted by Gasteiger charge is -2.67. The highest BCUT2D eigenvalue weighted by molar-refractivity contribution is 5.95. The first-order valence-corrected chi connectivity index (χ1v) is 21.0. The Labute approximate surface area is 360 Å². The van der Waals surface area contributed by atoms with Gasteiger partial charge in [-0.3, -0.25) is 19.2 Å². The SMILES string of the molecule is COC(=O)O[C@@]12CO[C@@H]1C[C@H](O)[C@@]1(C)C(=O)[C@H](OC(C)=O)C3=C(C)[C@@H](OC(=O)[C@@H](O)[C@@H](NC(=O)OC(C)(C)C)C(C)(C)C(=O)O)C[C@@](O)([C@@H](OC(=O)C4CCCCC4)C12)C3(C)C. The van der Waals surface area contributed by atoms with Gasteiger partial charge < -0.3 is 58.9 Å². The zero-order valence-corrected chi connectivity index (χ0v) is 37.4. The summed E-state index contributed by atoms with van der Waals surface area (Å²) in [7, 11) is 1.06. The minimum Gasteiger partial charge on any atom is -0.481 e. The first-order valence-electron chi connectivity index (χ1n) is 21.0. The fraction of sp³-hybridized carbons (Fsp3) is 0.791. The number of hydrogen-bond donors (Lipinski definition) is 5. The molecule has 5 aliphatic rings. The highest BCUT2D eigenvalue weighted by atomic mass is 16.8. The molecule has 11 atom stereocenters. The second kappa shape index (κ2) is 17.0. The second-order valence-electron chi connectivity index (χ2n) is 19.7. The lowest BCUT2D eigenvalue weighted by Crippen LogP contribution is -2.82. The number of hydrogen-bond acceptors (Lipinski definition) is 17. The van der Waals surface area contributed by atoms with Crippen molar-refractivity contribution >= 4 is 41.9 Å². The number of carboxylic acids is 1. The van der Waals surface area contributed by atoms with Crippen LogP contribution in [-0.2, 0) is 57.1 Å². The Hall–Kier alpha value is -4.33. The van der Waals surface area contributed by atoms with E-state index >= 15 is 4.79 Å². The number of Topliss-reactive ketones (excluding diaryl/α,β-unsaturated/α-hetero) is 1. The van der Waals surface area contributed by atoms with E-state index in [2.05, 4.69) is 5.32 Å². The number of aliphatic carboxylic acids is 1. The van der Waals surface area contributed by atoms with Crippen molar-refractivity contribution in [1.82, 2.24) is 5.32 Å². The lowest BCUT2D eigenvalue weighted by molar-refractivity contribution is -0.346. The van der Waals surface area contributed by atoms with E-state index in [0.717, 1.165) is 34.3 Å². The Morgan fingerprint density at radius 1 is 0.952 bits per heavy atom. The molecule has 62 heavy (non-hydrogen) atoms. The molecule has 1 heterocycles. The molecule has 4 aliphatic carbocycles. The van der Waals surface area contributed by atoms with Crippen molar-refractivity contribution in [2.75, 3.05) is 13.7 Å². The Bertz CT molecular complexity index is 1860. The molecular formula is C43H63NO18. The third-order valence-corrected chi connectivity index (χ3v) is 14.0. The summed E-state index contributed by atoms with van der Waals surface area (Å²) in [6, 6.07) is -1.86. The van der Waals surface area contributed by atoms with Gasteiger partial charge in [0.2, 0.25) is 0 Å². The number of fused-ring (bicyclic) bond motifs is 5. The number of methoxy groups -OCH3 is 1. The van der Waals surface area contributed by atoms with Crippen LogP contribution in [0.5, 0.6) is 0 Å². The van der Waals surface area contributed by atoms with E-state index in [1.165, 1.54) is 27.7 Å². The topological polar surface area (TPSA) is 277 Å². The molecule has 1 amide bonds.